The molecular weight excluding hydrogens is 276 g/mol. The average molecular weight is 291 g/mol. The van der Waals surface area contributed by atoms with E-state index >= 15 is 0 Å². The summed E-state index contributed by atoms with van der Waals surface area (Å²) in [7, 11) is 0. The van der Waals surface area contributed by atoms with Crippen molar-refractivity contribution in [3.63, 3.8) is 0 Å². The molecule has 3 rings (SSSR count). The van der Waals surface area contributed by atoms with Gasteiger partial charge in [0.2, 0.25) is 0 Å². The summed E-state index contributed by atoms with van der Waals surface area (Å²) < 4.78 is 0. The third-order valence-corrected chi connectivity index (χ3v) is 4.48. The molecule has 0 aliphatic heterocycles. The van der Waals surface area contributed by atoms with Gasteiger partial charge in [-0.1, -0.05) is 29.9 Å². The van der Waals surface area contributed by atoms with Gasteiger partial charge in [-0.15, -0.1) is 0 Å². The summed E-state index contributed by atoms with van der Waals surface area (Å²) in [6.45, 7) is 2.00. The van der Waals surface area contributed by atoms with Gasteiger partial charge in [-0.3, -0.25) is 4.98 Å². The number of hydrogen-bond donors (Lipinski definition) is 1. The number of thiocarbonyl (C=S) groups is 1. The van der Waals surface area contributed by atoms with E-state index in [4.69, 9.17) is 34.5 Å². The van der Waals surface area contributed by atoms with Crippen LogP contribution in [0.5, 0.6) is 0 Å². The lowest BCUT2D eigenvalue weighted by Gasteiger charge is -2.21. The Bertz CT molecular complexity index is 694. The molecule has 0 spiro atoms. The second-order valence-electron chi connectivity index (χ2n) is 5.05. The fraction of sp³-hybridized carbons (Fsp3) is 0.333. The highest BCUT2D eigenvalue weighted by Gasteiger charge is 2.20. The van der Waals surface area contributed by atoms with Gasteiger partial charge in [-0.05, 0) is 49.8 Å². The first-order valence-electron chi connectivity index (χ1n) is 6.50. The first-order chi connectivity index (χ1) is 9.09. The molecule has 2 aromatic rings. The largest absolute Gasteiger partial charge is 0.389 e. The van der Waals surface area contributed by atoms with E-state index in [9.17, 15) is 0 Å². The summed E-state index contributed by atoms with van der Waals surface area (Å²) in [4.78, 5) is 5.28. The fourth-order valence-electron chi connectivity index (χ4n) is 2.88. The molecule has 0 unspecified atom stereocenters. The van der Waals surface area contributed by atoms with Crippen molar-refractivity contribution in [1.29, 1.82) is 0 Å². The number of hydrogen-bond acceptors (Lipinski definition) is 2. The zero-order valence-corrected chi connectivity index (χ0v) is 12.4. The molecule has 0 saturated carbocycles. The smallest absolute Gasteiger partial charge is 0.105 e. The maximum Gasteiger partial charge on any atom is 0.105 e. The van der Waals surface area contributed by atoms with E-state index in [1.165, 1.54) is 18.4 Å². The van der Waals surface area contributed by atoms with Crippen molar-refractivity contribution >= 4 is 39.7 Å². The van der Waals surface area contributed by atoms with Gasteiger partial charge in [0.25, 0.3) is 0 Å². The fourth-order valence-corrected chi connectivity index (χ4v) is 3.27. The average Bonchev–Trinajstić information content (AvgIpc) is 2.40. The highest BCUT2D eigenvalue weighted by molar-refractivity contribution is 7.80. The molecule has 1 aliphatic carbocycles. The number of halogens is 1. The van der Waals surface area contributed by atoms with Crippen LogP contribution in [0.2, 0.25) is 5.02 Å². The number of aromatic nitrogens is 1. The van der Waals surface area contributed by atoms with Crippen LogP contribution < -0.4 is 5.73 Å². The third-order valence-electron chi connectivity index (χ3n) is 3.87. The van der Waals surface area contributed by atoms with Crippen LogP contribution in [0.25, 0.3) is 10.9 Å². The monoisotopic (exact) mass is 290 g/mol. The van der Waals surface area contributed by atoms with Crippen LogP contribution in [-0.4, -0.2) is 9.97 Å². The van der Waals surface area contributed by atoms with Crippen molar-refractivity contribution in [3.05, 3.63) is 39.5 Å². The predicted octanol–water partition coefficient (Wildman–Crippen LogP) is 3.71. The number of aryl methyl sites for hydroxylation is 2. The van der Waals surface area contributed by atoms with E-state index in [0.717, 1.165) is 45.6 Å². The highest BCUT2D eigenvalue weighted by atomic mass is 35.5. The van der Waals surface area contributed by atoms with E-state index in [-0.39, 0.29) is 0 Å². The Morgan fingerprint density at radius 2 is 2.05 bits per heavy atom. The molecule has 0 fully saturated rings. The second-order valence-corrected chi connectivity index (χ2v) is 5.90. The van der Waals surface area contributed by atoms with Gasteiger partial charge in [0, 0.05) is 21.7 Å². The Morgan fingerprint density at radius 1 is 1.32 bits per heavy atom. The maximum absolute atomic E-state index is 6.20. The van der Waals surface area contributed by atoms with Crippen LogP contribution in [0.4, 0.5) is 0 Å². The van der Waals surface area contributed by atoms with Gasteiger partial charge in [0.15, 0.2) is 0 Å². The number of fused-ring (bicyclic) bond motifs is 2. The quantitative estimate of drug-likeness (QED) is 0.814. The summed E-state index contributed by atoms with van der Waals surface area (Å²) in [5.41, 5.74) is 11.3. The van der Waals surface area contributed by atoms with Crippen molar-refractivity contribution in [3.8, 4) is 0 Å². The lowest BCUT2D eigenvalue weighted by Crippen LogP contribution is -2.18. The van der Waals surface area contributed by atoms with E-state index in [0.29, 0.717) is 4.99 Å². The van der Waals surface area contributed by atoms with Crippen LogP contribution in [-0.2, 0) is 12.8 Å². The molecule has 0 bridgehead atoms. The SMILES string of the molecule is Cc1c(Cl)ccc2c(C(N)=S)c3c(nc12)CCCC3. The molecule has 98 valence electrons. The Hall–Kier alpha value is -1.19. The molecule has 1 heterocycles. The molecule has 1 aromatic carbocycles. The van der Waals surface area contributed by atoms with Crippen molar-refractivity contribution in [1.82, 2.24) is 4.98 Å². The van der Waals surface area contributed by atoms with Gasteiger partial charge in [-0.2, -0.15) is 0 Å². The van der Waals surface area contributed by atoms with Crippen LogP contribution >= 0.6 is 23.8 Å². The van der Waals surface area contributed by atoms with Crippen LogP contribution in [0.15, 0.2) is 12.1 Å². The number of nitrogens with two attached hydrogens (primary N) is 1. The molecule has 1 aliphatic rings. The molecule has 0 radical (unpaired) electrons. The van der Waals surface area contributed by atoms with Crippen molar-refractivity contribution in [2.45, 2.75) is 32.6 Å². The topological polar surface area (TPSA) is 38.9 Å². The Labute approximate surface area is 123 Å². The summed E-state index contributed by atoms with van der Waals surface area (Å²) >= 11 is 11.5. The van der Waals surface area contributed by atoms with Crippen LogP contribution in [0.3, 0.4) is 0 Å². The number of pyridine rings is 1. The second kappa shape index (κ2) is 4.73. The summed E-state index contributed by atoms with van der Waals surface area (Å²) in [5.74, 6) is 0. The van der Waals surface area contributed by atoms with E-state index in [1.54, 1.807) is 0 Å². The van der Waals surface area contributed by atoms with Crippen LogP contribution in [0.1, 0.15) is 35.2 Å². The van der Waals surface area contributed by atoms with Crippen molar-refractivity contribution in [2.24, 2.45) is 5.73 Å². The van der Waals surface area contributed by atoms with Gasteiger partial charge in [0.1, 0.15) is 4.99 Å². The Kier molecular flexibility index (Phi) is 3.19. The molecular formula is C15H15ClN2S. The summed E-state index contributed by atoms with van der Waals surface area (Å²) in [6.07, 6.45) is 4.39. The molecule has 2 N–H and O–H groups in total. The van der Waals surface area contributed by atoms with Crippen LogP contribution in [0, 0.1) is 6.92 Å². The highest BCUT2D eigenvalue weighted by Crippen LogP contribution is 2.32. The van der Waals surface area contributed by atoms with Crippen molar-refractivity contribution in [2.75, 3.05) is 0 Å². The van der Waals surface area contributed by atoms with E-state index < -0.39 is 0 Å². The van der Waals surface area contributed by atoms with Gasteiger partial charge in [0.05, 0.1) is 5.52 Å². The minimum atomic E-state index is 0.465. The lowest BCUT2D eigenvalue weighted by molar-refractivity contribution is 0.670. The molecule has 2 nitrogen and oxygen atoms in total. The number of nitrogens with zero attached hydrogens (tertiary/aromatic N) is 1. The first-order valence-corrected chi connectivity index (χ1v) is 7.28. The Morgan fingerprint density at radius 3 is 2.79 bits per heavy atom. The molecule has 0 saturated heterocycles. The summed E-state index contributed by atoms with van der Waals surface area (Å²) in [6, 6.07) is 3.89. The lowest BCUT2D eigenvalue weighted by atomic mass is 9.89. The zero-order chi connectivity index (χ0) is 13.6. The number of rotatable bonds is 1. The molecule has 4 heteroatoms. The third kappa shape index (κ3) is 2.01. The Balaban J connectivity index is 2.45. The molecule has 1 aromatic heterocycles. The van der Waals surface area contributed by atoms with E-state index in [1.807, 2.05) is 19.1 Å². The maximum atomic E-state index is 6.20. The minimum absolute atomic E-state index is 0.465. The van der Waals surface area contributed by atoms with Gasteiger partial charge < -0.3 is 5.73 Å². The molecule has 0 atom stereocenters. The van der Waals surface area contributed by atoms with E-state index in [2.05, 4.69) is 0 Å². The minimum Gasteiger partial charge on any atom is -0.389 e. The standard InChI is InChI=1S/C15H15ClN2S/c1-8-11(16)7-6-10-13(15(17)19)9-4-2-3-5-12(9)18-14(8)10/h6-7H,2-5H2,1H3,(H2,17,19). The summed E-state index contributed by atoms with van der Waals surface area (Å²) in [5, 5.41) is 1.78. The predicted molar refractivity (Wildman–Crippen MR) is 84.0 cm³/mol. The zero-order valence-electron chi connectivity index (χ0n) is 10.8. The molecule has 19 heavy (non-hydrogen) atoms. The molecule has 0 amide bonds. The number of benzene rings is 1. The first kappa shape index (κ1) is 12.8. The van der Waals surface area contributed by atoms with Gasteiger partial charge in [-0.25, -0.2) is 0 Å². The van der Waals surface area contributed by atoms with Crippen molar-refractivity contribution < 1.29 is 0 Å². The normalized spacial score (nSPS) is 14.4. The van der Waals surface area contributed by atoms with Gasteiger partial charge >= 0.3 is 0 Å².